The summed E-state index contributed by atoms with van der Waals surface area (Å²) in [6.45, 7) is 5.53. The molecular formula is C42H38ClN7O4. The Morgan fingerprint density at radius 1 is 1.06 bits per heavy atom. The Labute approximate surface area is 316 Å². The van der Waals surface area contributed by atoms with E-state index < -0.39 is 5.97 Å². The zero-order valence-electron chi connectivity index (χ0n) is 29.7. The fourth-order valence-electron chi connectivity index (χ4n) is 8.63. The zero-order chi connectivity index (χ0) is 37.1. The zero-order valence-corrected chi connectivity index (χ0v) is 30.5. The first kappa shape index (κ1) is 34.4. The van der Waals surface area contributed by atoms with Gasteiger partial charge in [-0.25, -0.2) is 9.97 Å². The lowest BCUT2D eigenvalue weighted by atomic mass is 9.96. The SMILES string of the molecule is Cc1c(-c2nc3cc4c(c(C#N)c3o2)CCC4N2CC[C@@H](C(=O)O)C2)cccc1-c1cccc(Nc2nccc3cc(CN4CC[C@@H](O)C4)cnc23)c1Cl. The van der Waals surface area contributed by atoms with Gasteiger partial charge < -0.3 is 19.9 Å². The van der Waals surface area contributed by atoms with Crippen LogP contribution in [0.4, 0.5) is 11.5 Å². The van der Waals surface area contributed by atoms with Gasteiger partial charge in [0.05, 0.1) is 22.7 Å². The van der Waals surface area contributed by atoms with E-state index in [0.717, 1.165) is 88.7 Å². The van der Waals surface area contributed by atoms with Gasteiger partial charge in [0.25, 0.3) is 0 Å². The second-order valence-electron chi connectivity index (χ2n) is 14.7. The highest BCUT2D eigenvalue weighted by atomic mass is 35.5. The number of carboxylic acids is 1. The summed E-state index contributed by atoms with van der Waals surface area (Å²) in [6.07, 6.45) is 6.36. The number of oxazole rings is 1. The number of β-amino-alcohol motifs (C(OH)–C–C–N with tert-alkyl or cyclic N) is 1. The Kier molecular flexibility index (Phi) is 8.79. The van der Waals surface area contributed by atoms with Crippen LogP contribution in [0.25, 0.3) is 44.6 Å². The van der Waals surface area contributed by atoms with Gasteiger partial charge in [-0.2, -0.15) is 5.26 Å². The maximum Gasteiger partial charge on any atom is 0.307 e. The van der Waals surface area contributed by atoms with E-state index in [-0.39, 0.29) is 18.1 Å². The number of carboxylic acid groups (broad SMARTS) is 1. The van der Waals surface area contributed by atoms with Crippen LogP contribution in [0.3, 0.4) is 0 Å². The molecule has 3 aliphatic rings. The number of hydrogen-bond acceptors (Lipinski definition) is 10. The van der Waals surface area contributed by atoms with Gasteiger partial charge >= 0.3 is 5.97 Å². The number of nitrogens with one attached hydrogen (secondary N) is 1. The van der Waals surface area contributed by atoms with Crippen molar-refractivity contribution in [3.05, 3.63) is 99.8 Å². The standard InChI is InChI=1S/C42H38ClN7O4/c1-23-28(31-6-3-7-34(37(31)43)47-40-38-25(10-13-45-40)16-24(19-46-38)20-49-14-12-27(51)22-49)4-2-5-29(23)41-48-35-17-32-30(33(18-44)39(35)54-41)8-9-36(32)50-15-11-26(21-50)42(52)53/h2-7,10,13,16-17,19,26-27,36,51H,8-9,11-12,14-15,20-22H2,1H3,(H,45,47)(H,52,53)/t26-,27-,36?/m1/s1. The number of pyridine rings is 2. The van der Waals surface area contributed by atoms with Gasteiger partial charge in [-0.15, -0.1) is 0 Å². The topological polar surface area (TPSA) is 152 Å². The third-order valence-electron chi connectivity index (χ3n) is 11.4. The molecule has 54 heavy (non-hydrogen) atoms. The fourth-order valence-corrected chi connectivity index (χ4v) is 8.91. The molecular weight excluding hydrogens is 702 g/mol. The molecule has 272 valence electrons. The van der Waals surface area contributed by atoms with Gasteiger partial charge in [0.1, 0.15) is 22.7 Å². The summed E-state index contributed by atoms with van der Waals surface area (Å²) in [5.74, 6) is -0.100. The number of anilines is 2. The molecule has 3 N–H and O–H groups in total. The maximum atomic E-state index is 11.7. The molecule has 1 unspecified atom stereocenters. The van der Waals surface area contributed by atoms with Crippen molar-refractivity contribution in [3.63, 3.8) is 0 Å². The van der Waals surface area contributed by atoms with Crippen LogP contribution in [-0.2, 0) is 17.8 Å². The molecule has 1 aliphatic carbocycles. The molecule has 2 fully saturated rings. The van der Waals surface area contributed by atoms with Crippen molar-refractivity contribution >= 4 is 51.1 Å². The molecule has 12 heteroatoms. The van der Waals surface area contributed by atoms with E-state index >= 15 is 0 Å². The molecule has 3 aromatic carbocycles. The van der Waals surface area contributed by atoms with Crippen LogP contribution in [0.5, 0.6) is 0 Å². The Hall–Kier alpha value is -5.38. The van der Waals surface area contributed by atoms with E-state index in [1.807, 2.05) is 61.7 Å². The van der Waals surface area contributed by atoms with Crippen molar-refractivity contribution in [1.82, 2.24) is 24.8 Å². The lowest BCUT2D eigenvalue weighted by Gasteiger charge is -2.24. The first-order valence-corrected chi connectivity index (χ1v) is 18.8. The first-order valence-electron chi connectivity index (χ1n) is 18.4. The van der Waals surface area contributed by atoms with E-state index in [1.54, 1.807) is 6.20 Å². The second-order valence-corrected chi connectivity index (χ2v) is 15.1. The quantitative estimate of drug-likeness (QED) is 0.141. The molecule has 0 radical (unpaired) electrons. The number of rotatable bonds is 8. The van der Waals surface area contributed by atoms with Crippen LogP contribution in [0.2, 0.25) is 5.02 Å². The molecule has 2 saturated heterocycles. The maximum absolute atomic E-state index is 11.7. The number of aliphatic hydroxyl groups is 1. The predicted octanol–water partition coefficient (Wildman–Crippen LogP) is 7.64. The molecule has 0 amide bonds. The third kappa shape index (κ3) is 6.05. The third-order valence-corrected chi connectivity index (χ3v) is 11.8. The van der Waals surface area contributed by atoms with Crippen molar-refractivity contribution in [2.75, 3.05) is 31.5 Å². The Balaban J connectivity index is 1.01. The molecule has 0 saturated carbocycles. The summed E-state index contributed by atoms with van der Waals surface area (Å²) >= 11 is 7.15. The number of benzene rings is 3. The average molecular weight is 740 g/mol. The molecule has 2 aliphatic heterocycles. The highest BCUT2D eigenvalue weighted by molar-refractivity contribution is 6.36. The van der Waals surface area contributed by atoms with E-state index in [9.17, 15) is 20.3 Å². The van der Waals surface area contributed by atoms with E-state index in [4.69, 9.17) is 26.0 Å². The Morgan fingerprint density at radius 3 is 2.69 bits per heavy atom. The minimum Gasteiger partial charge on any atom is -0.481 e. The van der Waals surface area contributed by atoms with Crippen LogP contribution in [0.1, 0.15) is 53.1 Å². The molecule has 3 atom stereocenters. The number of aliphatic carboxylic acids is 1. The van der Waals surface area contributed by atoms with Gasteiger partial charge in [0, 0.05) is 61.1 Å². The lowest BCUT2D eigenvalue weighted by Crippen LogP contribution is -2.26. The Morgan fingerprint density at radius 2 is 1.89 bits per heavy atom. The lowest BCUT2D eigenvalue weighted by molar-refractivity contribution is -0.141. The number of carbonyl (C=O) groups is 1. The molecule has 0 spiro atoms. The normalized spacial score (nSPS) is 20.1. The minimum absolute atomic E-state index is 0.0574. The molecule has 3 aromatic heterocycles. The summed E-state index contributed by atoms with van der Waals surface area (Å²) in [5, 5.41) is 34.7. The number of aliphatic hydroxyl groups excluding tert-OH is 1. The number of aromatic nitrogens is 3. The largest absolute Gasteiger partial charge is 0.481 e. The molecule has 11 nitrogen and oxygen atoms in total. The second kappa shape index (κ2) is 13.8. The van der Waals surface area contributed by atoms with Gasteiger partial charge in [-0.3, -0.25) is 19.6 Å². The van der Waals surface area contributed by atoms with Gasteiger partial charge in [0.2, 0.25) is 5.89 Å². The van der Waals surface area contributed by atoms with Gasteiger partial charge in [-0.1, -0.05) is 35.9 Å². The van der Waals surface area contributed by atoms with Crippen molar-refractivity contribution in [2.24, 2.45) is 5.92 Å². The summed E-state index contributed by atoms with van der Waals surface area (Å²) in [6, 6.07) is 20.3. The van der Waals surface area contributed by atoms with Gasteiger partial charge in [-0.05, 0) is 97.3 Å². The summed E-state index contributed by atoms with van der Waals surface area (Å²) in [7, 11) is 0. The van der Waals surface area contributed by atoms with Gasteiger partial charge in [0.15, 0.2) is 11.4 Å². The van der Waals surface area contributed by atoms with Crippen molar-refractivity contribution in [3.8, 4) is 28.7 Å². The number of hydrogen-bond donors (Lipinski definition) is 3. The van der Waals surface area contributed by atoms with Crippen LogP contribution in [0, 0.1) is 24.2 Å². The van der Waals surface area contributed by atoms with Crippen LogP contribution < -0.4 is 5.32 Å². The van der Waals surface area contributed by atoms with Crippen molar-refractivity contribution in [2.45, 2.75) is 51.3 Å². The summed E-state index contributed by atoms with van der Waals surface area (Å²) < 4.78 is 6.41. The van der Waals surface area contributed by atoms with E-state index in [0.29, 0.717) is 58.6 Å². The van der Waals surface area contributed by atoms with Crippen molar-refractivity contribution < 1.29 is 19.4 Å². The minimum atomic E-state index is -0.753. The van der Waals surface area contributed by atoms with Crippen LogP contribution in [-0.4, -0.2) is 73.2 Å². The van der Waals surface area contributed by atoms with E-state index in [2.05, 4.69) is 32.2 Å². The molecule has 5 heterocycles. The Bertz CT molecular complexity index is 2510. The van der Waals surface area contributed by atoms with Crippen LogP contribution in [0.15, 0.2) is 71.4 Å². The predicted molar refractivity (Wildman–Crippen MR) is 206 cm³/mol. The van der Waals surface area contributed by atoms with Crippen LogP contribution >= 0.6 is 11.6 Å². The highest BCUT2D eigenvalue weighted by Crippen LogP contribution is 2.44. The number of fused-ring (bicyclic) bond motifs is 3. The van der Waals surface area contributed by atoms with E-state index in [1.165, 1.54) is 0 Å². The average Bonchev–Trinajstić information content (AvgIpc) is 3.99. The number of nitriles is 1. The van der Waals surface area contributed by atoms with Crippen molar-refractivity contribution in [1.29, 1.82) is 5.26 Å². The molecule has 0 bridgehead atoms. The molecule has 9 rings (SSSR count). The monoisotopic (exact) mass is 739 g/mol. The molecule has 6 aromatic rings. The summed E-state index contributed by atoms with van der Waals surface area (Å²) in [4.78, 5) is 30.4. The summed E-state index contributed by atoms with van der Waals surface area (Å²) in [5.41, 5.74) is 9.57. The fraction of sp³-hybridized carbons (Fsp3) is 0.310. The first-order chi connectivity index (χ1) is 26.2. The number of halogens is 1. The number of nitrogens with zero attached hydrogens (tertiary/aromatic N) is 6. The smallest absolute Gasteiger partial charge is 0.307 e. The highest BCUT2D eigenvalue weighted by Gasteiger charge is 2.37. The number of likely N-dealkylation sites (tertiary alicyclic amines) is 2.